The van der Waals surface area contributed by atoms with Crippen molar-refractivity contribution in [1.29, 1.82) is 0 Å². The van der Waals surface area contributed by atoms with Crippen LogP contribution in [0.15, 0.2) is 78.9 Å². The molecule has 1 heterocycles. The molecule has 0 saturated carbocycles. The normalized spacial score (nSPS) is 16.3. The van der Waals surface area contributed by atoms with Crippen molar-refractivity contribution in [3.63, 3.8) is 0 Å². The van der Waals surface area contributed by atoms with Crippen molar-refractivity contribution in [3.05, 3.63) is 95.6 Å². The van der Waals surface area contributed by atoms with Crippen molar-refractivity contribution in [3.8, 4) is 0 Å². The third-order valence-corrected chi connectivity index (χ3v) is 4.76. The molecule has 2 heteroatoms. The second-order valence-electron chi connectivity index (χ2n) is 6.11. The summed E-state index contributed by atoms with van der Waals surface area (Å²) in [6, 6.07) is 26.4. The largest absolute Gasteiger partial charge is 0.449 e. The summed E-state index contributed by atoms with van der Waals surface area (Å²) in [4.78, 5) is 12.3. The van der Waals surface area contributed by atoms with Gasteiger partial charge >= 0.3 is 5.97 Å². The van der Waals surface area contributed by atoms with Crippen LogP contribution in [0.4, 0.5) is 0 Å². The third kappa shape index (κ3) is 1.80. The Labute approximate surface area is 139 Å². The topological polar surface area (TPSA) is 26.3 Å². The molecular weight excluding hydrogens is 296 g/mol. The molecule has 0 fully saturated rings. The first-order valence-corrected chi connectivity index (χ1v) is 8.03. The number of fused-ring (bicyclic) bond motifs is 3. The molecule has 0 aromatic heterocycles. The Kier molecular flexibility index (Phi) is 2.74. The van der Waals surface area contributed by atoms with Crippen LogP contribution < -0.4 is 0 Å². The van der Waals surface area contributed by atoms with Gasteiger partial charge in [0.1, 0.15) is 0 Å². The van der Waals surface area contributed by atoms with E-state index in [2.05, 4.69) is 30.3 Å². The van der Waals surface area contributed by atoms with Gasteiger partial charge in [0.2, 0.25) is 0 Å². The molecular formula is C22H14O2. The number of hydrogen-bond donors (Lipinski definition) is 0. The van der Waals surface area contributed by atoms with E-state index in [0.29, 0.717) is 5.56 Å². The van der Waals surface area contributed by atoms with Gasteiger partial charge in [0, 0.05) is 11.1 Å². The van der Waals surface area contributed by atoms with Gasteiger partial charge in [-0.1, -0.05) is 66.7 Å². The van der Waals surface area contributed by atoms with Gasteiger partial charge < -0.3 is 4.74 Å². The van der Waals surface area contributed by atoms with Crippen molar-refractivity contribution >= 4 is 27.5 Å². The Morgan fingerprint density at radius 1 is 0.708 bits per heavy atom. The average Bonchev–Trinajstić information content (AvgIpc) is 2.96. The van der Waals surface area contributed by atoms with Crippen LogP contribution in [-0.2, 0) is 4.74 Å². The first kappa shape index (κ1) is 13.3. The molecule has 1 unspecified atom stereocenters. The number of benzene rings is 4. The molecule has 0 radical (unpaired) electrons. The summed E-state index contributed by atoms with van der Waals surface area (Å²) >= 11 is 0. The Hall–Kier alpha value is -3.13. The van der Waals surface area contributed by atoms with Gasteiger partial charge in [-0.15, -0.1) is 0 Å². The smallest absolute Gasteiger partial charge is 0.339 e. The number of cyclic esters (lactones) is 1. The lowest BCUT2D eigenvalue weighted by Crippen LogP contribution is -2.03. The molecule has 1 aliphatic rings. The molecule has 2 nitrogen and oxygen atoms in total. The fraction of sp³-hybridized carbons (Fsp3) is 0.0455. The van der Waals surface area contributed by atoms with Gasteiger partial charge in [0.15, 0.2) is 6.10 Å². The van der Waals surface area contributed by atoms with Gasteiger partial charge in [-0.2, -0.15) is 0 Å². The highest BCUT2D eigenvalue weighted by atomic mass is 16.5. The van der Waals surface area contributed by atoms with E-state index in [1.165, 1.54) is 0 Å². The number of esters is 1. The maximum Gasteiger partial charge on any atom is 0.339 e. The first-order chi connectivity index (χ1) is 11.8. The summed E-state index contributed by atoms with van der Waals surface area (Å²) in [5.41, 5.74) is 2.69. The Morgan fingerprint density at radius 2 is 1.29 bits per heavy atom. The van der Waals surface area contributed by atoms with Crippen molar-refractivity contribution in [2.24, 2.45) is 0 Å². The lowest BCUT2D eigenvalue weighted by atomic mass is 9.90. The van der Waals surface area contributed by atoms with Gasteiger partial charge in [0.05, 0.1) is 5.56 Å². The fourth-order valence-corrected chi connectivity index (χ4v) is 3.69. The summed E-state index contributed by atoms with van der Waals surface area (Å²) in [7, 11) is 0. The molecule has 0 saturated heterocycles. The highest BCUT2D eigenvalue weighted by Gasteiger charge is 2.33. The van der Waals surface area contributed by atoms with Crippen LogP contribution in [0.2, 0.25) is 0 Å². The standard InChI is InChI=1S/C22H14O2/c23-22-19-12-6-5-11-18(19)21(24-22)20-16-9-3-1-7-14(16)13-15-8-2-4-10-17(15)20/h1-13,21H. The molecule has 1 atom stereocenters. The summed E-state index contributed by atoms with van der Waals surface area (Å²) < 4.78 is 5.80. The van der Waals surface area contributed by atoms with E-state index in [9.17, 15) is 4.79 Å². The average molecular weight is 310 g/mol. The van der Waals surface area contributed by atoms with Crippen LogP contribution >= 0.6 is 0 Å². The van der Waals surface area contributed by atoms with E-state index < -0.39 is 0 Å². The summed E-state index contributed by atoms with van der Waals surface area (Å²) in [6.45, 7) is 0. The van der Waals surface area contributed by atoms with Gasteiger partial charge in [-0.05, 0) is 33.7 Å². The predicted octanol–water partition coefficient (Wildman–Crippen LogP) is 5.25. The van der Waals surface area contributed by atoms with Gasteiger partial charge in [0.25, 0.3) is 0 Å². The Balaban J connectivity index is 1.90. The minimum absolute atomic E-state index is 0.243. The molecule has 5 rings (SSSR count). The molecule has 0 spiro atoms. The van der Waals surface area contributed by atoms with Crippen LogP contribution in [0.5, 0.6) is 0 Å². The van der Waals surface area contributed by atoms with E-state index in [-0.39, 0.29) is 12.1 Å². The lowest BCUT2D eigenvalue weighted by molar-refractivity contribution is 0.0460. The predicted molar refractivity (Wildman–Crippen MR) is 95.2 cm³/mol. The second-order valence-corrected chi connectivity index (χ2v) is 6.11. The minimum atomic E-state index is -0.357. The van der Waals surface area contributed by atoms with Crippen molar-refractivity contribution in [2.75, 3.05) is 0 Å². The van der Waals surface area contributed by atoms with Crippen LogP contribution in [0.25, 0.3) is 21.5 Å². The Morgan fingerprint density at radius 3 is 2.00 bits per heavy atom. The molecule has 114 valence electrons. The van der Waals surface area contributed by atoms with Crippen LogP contribution in [-0.4, -0.2) is 5.97 Å². The number of ether oxygens (including phenoxy) is 1. The third-order valence-electron chi connectivity index (χ3n) is 4.76. The monoisotopic (exact) mass is 310 g/mol. The molecule has 0 N–H and O–H groups in total. The first-order valence-electron chi connectivity index (χ1n) is 8.03. The van der Waals surface area contributed by atoms with Crippen LogP contribution in [0, 0.1) is 0 Å². The maximum atomic E-state index is 12.3. The van der Waals surface area contributed by atoms with E-state index >= 15 is 0 Å². The van der Waals surface area contributed by atoms with Crippen LogP contribution in [0.3, 0.4) is 0 Å². The van der Waals surface area contributed by atoms with Crippen molar-refractivity contribution in [1.82, 2.24) is 0 Å². The number of rotatable bonds is 1. The number of carbonyl (C=O) groups is 1. The SMILES string of the molecule is O=C1OC(c2c3ccccc3cc3ccccc23)c2ccccc21. The minimum Gasteiger partial charge on any atom is -0.449 e. The quantitative estimate of drug-likeness (QED) is 0.354. The lowest BCUT2D eigenvalue weighted by Gasteiger charge is -2.17. The number of carbonyl (C=O) groups excluding carboxylic acids is 1. The zero-order valence-corrected chi connectivity index (χ0v) is 12.9. The molecule has 4 aromatic carbocycles. The van der Waals surface area contributed by atoms with Crippen molar-refractivity contribution in [2.45, 2.75) is 6.10 Å². The van der Waals surface area contributed by atoms with Crippen molar-refractivity contribution < 1.29 is 9.53 Å². The fourth-order valence-electron chi connectivity index (χ4n) is 3.69. The van der Waals surface area contributed by atoms with E-state index in [1.54, 1.807) is 0 Å². The summed E-state index contributed by atoms with van der Waals surface area (Å²) in [5, 5.41) is 4.58. The zero-order valence-electron chi connectivity index (χ0n) is 12.9. The van der Waals surface area contributed by atoms with Crippen LogP contribution in [0.1, 0.15) is 27.6 Å². The molecule has 24 heavy (non-hydrogen) atoms. The molecule has 1 aliphatic heterocycles. The Bertz CT molecular complexity index is 1060. The highest BCUT2D eigenvalue weighted by molar-refractivity contribution is 6.04. The van der Waals surface area contributed by atoms with Gasteiger partial charge in [-0.25, -0.2) is 4.79 Å². The van der Waals surface area contributed by atoms with Gasteiger partial charge in [-0.3, -0.25) is 0 Å². The molecule has 0 aliphatic carbocycles. The summed E-state index contributed by atoms with van der Waals surface area (Å²) in [5.74, 6) is -0.243. The second kappa shape index (κ2) is 4.93. The van der Waals surface area contributed by atoms with E-state index in [4.69, 9.17) is 4.74 Å². The molecule has 4 aromatic rings. The highest BCUT2D eigenvalue weighted by Crippen LogP contribution is 2.42. The molecule has 0 amide bonds. The molecule has 0 bridgehead atoms. The zero-order chi connectivity index (χ0) is 16.1. The van der Waals surface area contributed by atoms with E-state index in [0.717, 1.165) is 32.7 Å². The number of hydrogen-bond acceptors (Lipinski definition) is 2. The summed E-state index contributed by atoms with van der Waals surface area (Å²) in [6.07, 6.45) is -0.357. The maximum absolute atomic E-state index is 12.3. The van der Waals surface area contributed by atoms with E-state index in [1.807, 2.05) is 48.5 Å².